The van der Waals surface area contributed by atoms with Crippen LogP contribution in [0.25, 0.3) is 0 Å². The fraction of sp³-hybridized carbons (Fsp3) is 0.357. The van der Waals surface area contributed by atoms with Crippen LogP contribution in [0.1, 0.15) is 22.4 Å². The monoisotopic (exact) mass is 307 g/mol. The van der Waals surface area contributed by atoms with E-state index in [-0.39, 0.29) is 0 Å². The van der Waals surface area contributed by atoms with Crippen LogP contribution < -0.4 is 5.73 Å². The van der Waals surface area contributed by atoms with Gasteiger partial charge in [-0.2, -0.15) is 0 Å². The fourth-order valence-electron chi connectivity index (χ4n) is 2.17. The molecule has 0 amide bonds. The standard InChI is InChI=1S/C14H18BrN3/c1-9-4-5-11(10(2)8-9)6-7-12-13(15)17-14(16)18(12)3/h4-5,8H,6-7H2,1-3H3,(H2,16,17). The summed E-state index contributed by atoms with van der Waals surface area (Å²) in [7, 11) is 1.95. The van der Waals surface area contributed by atoms with Crippen LogP contribution >= 0.6 is 15.9 Å². The van der Waals surface area contributed by atoms with Gasteiger partial charge in [-0.25, -0.2) is 4.98 Å². The number of hydrogen-bond donors (Lipinski definition) is 1. The summed E-state index contributed by atoms with van der Waals surface area (Å²) in [5.74, 6) is 0.553. The summed E-state index contributed by atoms with van der Waals surface area (Å²) in [6, 6.07) is 6.59. The molecule has 1 aromatic heterocycles. The van der Waals surface area contributed by atoms with E-state index in [9.17, 15) is 0 Å². The summed E-state index contributed by atoms with van der Waals surface area (Å²) in [4.78, 5) is 4.22. The first-order valence-electron chi connectivity index (χ1n) is 6.01. The molecule has 0 saturated heterocycles. The second-order valence-electron chi connectivity index (χ2n) is 4.70. The Hall–Kier alpha value is -1.29. The average molecular weight is 308 g/mol. The quantitative estimate of drug-likeness (QED) is 0.946. The van der Waals surface area contributed by atoms with Gasteiger partial charge in [0.25, 0.3) is 0 Å². The molecule has 4 heteroatoms. The lowest BCUT2D eigenvalue weighted by molar-refractivity contribution is 0.801. The van der Waals surface area contributed by atoms with E-state index < -0.39 is 0 Å². The van der Waals surface area contributed by atoms with Gasteiger partial charge in [-0.3, -0.25) is 0 Å². The molecule has 0 aliphatic carbocycles. The number of nitrogens with two attached hydrogens (primary N) is 1. The van der Waals surface area contributed by atoms with Crippen molar-refractivity contribution in [2.75, 3.05) is 5.73 Å². The van der Waals surface area contributed by atoms with Gasteiger partial charge in [0.05, 0.1) is 5.69 Å². The van der Waals surface area contributed by atoms with Gasteiger partial charge >= 0.3 is 0 Å². The Labute approximate surface area is 116 Å². The molecule has 2 aromatic rings. The van der Waals surface area contributed by atoms with Crippen LogP contribution in [0.4, 0.5) is 5.95 Å². The number of rotatable bonds is 3. The minimum Gasteiger partial charge on any atom is -0.369 e. The van der Waals surface area contributed by atoms with Crippen molar-refractivity contribution < 1.29 is 0 Å². The molecule has 0 radical (unpaired) electrons. The van der Waals surface area contributed by atoms with Crippen LogP contribution in [0.3, 0.4) is 0 Å². The fourth-order valence-corrected chi connectivity index (χ4v) is 2.81. The van der Waals surface area contributed by atoms with Crippen LogP contribution in [0.15, 0.2) is 22.8 Å². The van der Waals surface area contributed by atoms with Gasteiger partial charge in [0, 0.05) is 7.05 Å². The Morgan fingerprint density at radius 3 is 2.56 bits per heavy atom. The Balaban J connectivity index is 2.16. The second-order valence-corrected chi connectivity index (χ2v) is 5.45. The molecule has 1 heterocycles. The van der Waals surface area contributed by atoms with Crippen LogP contribution in [0, 0.1) is 13.8 Å². The minimum atomic E-state index is 0.553. The number of anilines is 1. The molecule has 0 atom stereocenters. The lowest BCUT2D eigenvalue weighted by Gasteiger charge is -2.08. The van der Waals surface area contributed by atoms with Gasteiger partial charge < -0.3 is 10.3 Å². The van der Waals surface area contributed by atoms with Crippen molar-refractivity contribution in [3.8, 4) is 0 Å². The summed E-state index contributed by atoms with van der Waals surface area (Å²) in [5.41, 5.74) is 11.0. The lowest BCUT2D eigenvalue weighted by Crippen LogP contribution is -2.03. The molecule has 0 bridgehead atoms. The van der Waals surface area contributed by atoms with Gasteiger partial charge in [-0.1, -0.05) is 23.8 Å². The number of hydrogen-bond acceptors (Lipinski definition) is 2. The van der Waals surface area contributed by atoms with Gasteiger partial charge in [0.15, 0.2) is 0 Å². The van der Waals surface area contributed by atoms with Crippen molar-refractivity contribution in [2.24, 2.45) is 7.05 Å². The third-order valence-corrected chi connectivity index (χ3v) is 3.96. The van der Waals surface area contributed by atoms with E-state index in [4.69, 9.17) is 5.73 Å². The van der Waals surface area contributed by atoms with Crippen molar-refractivity contribution >= 4 is 21.9 Å². The highest BCUT2D eigenvalue weighted by Crippen LogP contribution is 2.21. The summed E-state index contributed by atoms with van der Waals surface area (Å²) in [6.07, 6.45) is 1.94. The van der Waals surface area contributed by atoms with E-state index in [1.54, 1.807) is 0 Å². The van der Waals surface area contributed by atoms with Crippen LogP contribution in [0.5, 0.6) is 0 Å². The molecule has 96 valence electrons. The predicted molar refractivity (Wildman–Crippen MR) is 78.6 cm³/mol. The van der Waals surface area contributed by atoms with Crippen molar-refractivity contribution in [3.05, 3.63) is 45.2 Å². The molecule has 0 unspecified atom stereocenters. The molecular weight excluding hydrogens is 290 g/mol. The van der Waals surface area contributed by atoms with E-state index in [2.05, 4.69) is 53.0 Å². The highest BCUT2D eigenvalue weighted by Gasteiger charge is 2.10. The van der Waals surface area contributed by atoms with Crippen LogP contribution in [-0.4, -0.2) is 9.55 Å². The maximum atomic E-state index is 5.78. The second kappa shape index (κ2) is 5.14. The topological polar surface area (TPSA) is 43.8 Å². The maximum absolute atomic E-state index is 5.78. The van der Waals surface area contributed by atoms with Gasteiger partial charge in [-0.05, 0) is 53.7 Å². The summed E-state index contributed by atoms with van der Waals surface area (Å²) < 4.78 is 2.79. The number of halogens is 1. The third-order valence-electron chi connectivity index (χ3n) is 3.33. The molecule has 0 spiro atoms. The normalized spacial score (nSPS) is 10.9. The summed E-state index contributed by atoms with van der Waals surface area (Å²) in [5, 5.41) is 0. The zero-order valence-corrected chi connectivity index (χ0v) is 12.6. The predicted octanol–water partition coefficient (Wildman–Crippen LogP) is 3.17. The molecule has 18 heavy (non-hydrogen) atoms. The highest BCUT2D eigenvalue weighted by molar-refractivity contribution is 9.10. The number of aryl methyl sites for hydroxylation is 3. The van der Waals surface area contributed by atoms with Gasteiger partial charge in [-0.15, -0.1) is 0 Å². The summed E-state index contributed by atoms with van der Waals surface area (Å²) in [6.45, 7) is 4.28. The Morgan fingerprint density at radius 1 is 1.28 bits per heavy atom. The van der Waals surface area contributed by atoms with E-state index in [0.717, 1.165) is 23.1 Å². The molecule has 1 aromatic carbocycles. The zero-order valence-electron chi connectivity index (χ0n) is 11.0. The average Bonchev–Trinajstić information content (AvgIpc) is 2.53. The van der Waals surface area contributed by atoms with Gasteiger partial charge in [0.1, 0.15) is 4.60 Å². The SMILES string of the molecule is Cc1ccc(CCc2c(Br)nc(N)n2C)c(C)c1. The number of imidazole rings is 1. The van der Waals surface area contributed by atoms with E-state index >= 15 is 0 Å². The molecule has 2 rings (SSSR count). The molecular formula is C14H18BrN3. The first-order valence-corrected chi connectivity index (χ1v) is 6.81. The molecule has 0 aliphatic rings. The molecule has 0 aliphatic heterocycles. The number of benzene rings is 1. The van der Waals surface area contributed by atoms with Crippen molar-refractivity contribution in [1.29, 1.82) is 0 Å². The van der Waals surface area contributed by atoms with E-state index in [1.165, 1.54) is 16.7 Å². The van der Waals surface area contributed by atoms with Crippen molar-refractivity contribution in [1.82, 2.24) is 9.55 Å². The minimum absolute atomic E-state index is 0.553. The van der Waals surface area contributed by atoms with E-state index in [0.29, 0.717) is 5.95 Å². The van der Waals surface area contributed by atoms with E-state index in [1.807, 2.05) is 11.6 Å². The van der Waals surface area contributed by atoms with Crippen molar-refractivity contribution in [2.45, 2.75) is 26.7 Å². The van der Waals surface area contributed by atoms with Gasteiger partial charge in [0.2, 0.25) is 5.95 Å². The Morgan fingerprint density at radius 2 is 2.00 bits per heavy atom. The largest absolute Gasteiger partial charge is 0.369 e. The Kier molecular flexibility index (Phi) is 3.76. The van der Waals surface area contributed by atoms with Crippen LogP contribution in [-0.2, 0) is 19.9 Å². The first-order chi connectivity index (χ1) is 8.49. The molecule has 3 nitrogen and oxygen atoms in total. The number of nitrogen functional groups attached to an aromatic ring is 1. The number of aromatic nitrogens is 2. The maximum Gasteiger partial charge on any atom is 0.201 e. The van der Waals surface area contributed by atoms with Crippen LogP contribution in [0.2, 0.25) is 0 Å². The molecule has 0 fully saturated rings. The Bertz CT molecular complexity index is 573. The van der Waals surface area contributed by atoms with Crippen molar-refractivity contribution in [3.63, 3.8) is 0 Å². The highest BCUT2D eigenvalue weighted by atomic mass is 79.9. The third kappa shape index (κ3) is 2.58. The molecule has 0 saturated carbocycles. The number of nitrogens with zero attached hydrogens (tertiary/aromatic N) is 2. The first kappa shape index (κ1) is 13.1. The smallest absolute Gasteiger partial charge is 0.201 e. The zero-order chi connectivity index (χ0) is 13.3. The lowest BCUT2D eigenvalue weighted by atomic mass is 10.0. The summed E-state index contributed by atoms with van der Waals surface area (Å²) >= 11 is 3.46. The molecule has 2 N–H and O–H groups in total.